The van der Waals surface area contributed by atoms with E-state index in [1.54, 1.807) is 18.2 Å². The van der Waals surface area contributed by atoms with Gasteiger partial charge in [-0.3, -0.25) is 0 Å². The highest BCUT2D eigenvalue weighted by atomic mass is 32.2. The highest BCUT2D eigenvalue weighted by Gasteiger charge is 2.60. The van der Waals surface area contributed by atoms with E-state index in [0.29, 0.717) is 5.56 Å². The summed E-state index contributed by atoms with van der Waals surface area (Å²) < 4.78 is 30.9. The number of nitrogens with zero attached hydrogens (tertiary/aromatic N) is 3. The highest BCUT2D eigenvalue weighted by Crippen LogP contribution is 2.55. The second-order valence-corrected chi connectivity index (χ2v) is 6.46. The van der Waals surface area contributed by atoms with Gasteiger partial charge in [-0.1, -0.05) is 24.3 Å². The molecule has 1 saturated heterocycles. The molecule has 6 nitrogen and oxygen atoms in total. The van der Waals surface area contributed by atoms with Gasteiger partial charge in [-0.25, -0.2) is 0 Å². The van der Waals surface area contributed by atoms with E-state index in [0.717, 1.165) is 4.31 Å². The van der Waals surface area contributed by atoms with Crippen molar-refractivity contribution >= 4 is 10.3 Å². The van der Waals surface area contributed by atoms with Crippen molar-refractivity contribution in [3.8, 4) is 17.9 Å². The van der Waals surface area contributed by atoms with Crippen molar-refractivity contribution in [1.82, 2.24) is 4.31 Å². The lowest BCUT2D eigenvalue weighted by atomic mass is 9.79. The number of nitriles is 2. The molecule has 2 heterocycles. The zero-order valence-corrected chi connectivity index (χ0v) is 11.7. The summed E-state index contributed by atoms with van der Waals surface area (Å²) in [4.78, 5) is 0. The van der Waals surface area contributed by atoms with Gasteiger partial charge in [0.1, 0.15) is 5.75 Å². The molecular weight excluding hydrogens is 290 g/mol. The Kier molecular flexibility index (Phi) is 2.80. The van der Waals surface area contributed by atoms with E-state index in [1.165, 1.54) is 12.1 Å². The van der Waals surface area contributed by atoms with Crippen molar-refractivity contribution in [3.05, 3.63) is 42.5 Å². The molecule has 0 aliphatic carbocycles. The maximum Gasteiger partial charge on any atom is 0.386 e. The maximum absolute atomic E-state index is 12.4. The lowest BCUT2D eigenvalue weighted by Crippen LogP contribution is -2.44. The summed E-state index contributed by atoms with van der Waals surface area (Å²) in [6.45, 7) is 3.61. The molecule has 2 aliphatic heterocycles. The first-order valence-corrected chi connectivity index (χ1v) is 7.62. The van der Waals surface area contributed by atoms with Crippen LogP contribution >= 0.6 is 0 Å². The minimum absolute atomic E-state index is 0.0745. The maximum atomic E-state index is 12.4. The van der Waals surface area contributed by atoms with Crippen molar-refractivity contribution in [2.75, 3.05) is 0 Å². The molecule has 1 fully saturated rings. The number of fused-ring (bicyclic) bond motifs is 3. The quantitative estimate of drug-likeness (QED) is 0.735. The van der Waals surface area contributed by atoms with Crippen molar-refractivity contribution in [1.29, 1.82) is 10.5 Å². The van der Waals surface area contributed by atoms with Crippen LogP contribution in [0.4, 0.5) is 0 Å². The van der Waals surface area contributed by atoms with Crippen molar-refractivity contribution in [2.45, 2.75) is 18.5 Å². The molecule has 2 atom stereocenters. The zero-order chi connectivity index (χ0) is 15.3. The van der Waals surface area contributed by atoms with Crippen LogP contribution in [0.15, 0.2) is 36.9 Å². The van der Waals surface area contributed by atoms with Crippen LogP contribution in [0.5, 0.6) is 5.75 Å². The molecule has 0 bridgehead atoms. The summed E-state index contributed by atoms with van der Waals surface area (Å²) in [5.74, 6) is 0.165. The SMILES string of the molecule is C=CC1CC(C#N)(C#N)[C@@H]2c3ccccc3OS(=O)(=O)N12. The number of hydrogen-bond donors (Lipinski definition) is 0. The molecule has 7 heteroatoms. The van der Waals surface area contributed by atoms with Crippen LogP contribution in [0.1, 0.15) is 18.0 Å². The molecule has 0 amide bonds. The molecule has 0 spiro atoms. The first kappa shape index (κ1) is 13.6. The Morgan fingerprint density at radius 2 is 2.05 bits per heavy atom. The Morgan fingerprint density at radius 3 is 2.67 bits per heavy atom. The summed E-state index contributed by atoms with van der Waals surface area (Å²) in [5, 5.41) is 19.0. The molecule has 2 aliphatic rings. The van der Waals surface area contributed by atoms with Gasteiger partial charge < -0.3 is 4.18 Å². The average molecular weight is 301 g/mol. The summed E-state index contributed by atoms with van der Waals surface area (Å²) in [5.41, 5.74) is -0.925. The van der Waals surface area contributed by atoms with Crippen molar-refractivity contribution in [2.24, 2.45) is 5.41 Å². The topological polar surface area (TPSA) is 94.2 Å². The molecule has 1 aromatic carbocycles. The van der Waals surface area contributed by atoms with Gasteiger partial charge >= 0.3 is 10.3 Å². The summed E-state index contributed by atoms with van der Waals surface area (Å²) in [7, 11) is -4.07. The third-order valence-electron chi connectivity index (χ3n) is 3.92. The number of para-hydroxylation sites is 1. The summed E-state index contributed by atoms with van der Waals surface area (Å²) in [6, 6.07) is 9.03. The molecule has 0 N–H and O–H groups in total. The minimum atomic E-state index is -4.07. The predicted molar refractivity (Wildman–Crippen MR) is 72.8 cm³/mol. The number of rotatable bonds is 1. The third-order valence-corrected chi connectivity index (χ3v) is 5.31. The largest absolute Gasteiger partial charge is 0.386 e. The lowest BCUT2D eigenvalue weighted by Gasteiger charge is -2.34. The minimum Gasteiger partial charge on any atom is -0.370 e. The fourth-order valence-corrected chi connectivity index (χ4v) is 4.51. The predicted octanol–water partition coefficient (Wildman–Crippen LogP) is 1.66. The van der Waals surface area contributed by atoms with E-state index < -0.39 is 27.8 Å². The first-order chi connectivity index (χ1) is 9.99. The summed E-state index contributed by atoms with van der Waals surface area (Å²) >= 11 is 0. The third kappa shape index (κ3) is 1.69. The Bertz CT molecular complexity index is 789. The van der Waals surface area contributed by atoms with E-state index in [-0.39, 0.29) is 12.2 Å². The Labute approximate surface area is 122 Å². The fourth-order valence-electron chi connectivity index (χ4n) is 3.00. The monoisotopic (exact) mass is 301 g/mol. The van der Waals surface area contributed by atoms with Gasteiger partial charge in [-0.2, -0.15) is 23.2 Å². The first-order valence-electron chi connectivity index (χ1n) is 6.26. The lowest BCUT2D eigenvalue weighted by molar-refractivity contribution is 0.263. The molecule has 0 radical (unpaired) electrons. The van der Waals surface area contributed by atoms with Gasteiger partial charge in [0.25, 0.3) is 0 Å². The second-order valence-electron chi connectivity index (χ2n) is 5.01. The Morgan fingerprint density at radius 1 is 1.38 bits per heavy atom. The molecule has 0 aromatic heterocycles. The van der Waals surface area contributed by atoms with Crippen LogP contribution in [0.2, 0.25) is 0 Å². The molecule has 1 unspecified atom stereocenters. The smallest absolute Gasteiger partial charge is 0.370 e. The Balaban J connectivity index is 2.33. The van der Waals surface area contributed by atoms with E-state index in [4.69, 9.17) is 4.18 Å². The standard InChI is InChI=1S/C14H11N3O3S/c1-2-10-7-14(8-15,9-16)13-11-5-3-4-6-12(11)20-21(18,19)17(10)13/h2-6,10,13H,1,7H2/t10?,13-/m0/s1. The van der Waals surface area contributed by atoms with Gasteiger partial charge in [0.15, 0.2) is 5.41 Å². The second kappa shape index (κ2) is 4.32. The van der Waals surface area contributed by atoms with E-state index in [9.17, 15) is 18.9 Å². The normalized spacial score (nSPS) is 28.3. The molecule has 21 heavy (non-hydrogen) atoms. The van der Waals surface area contributed by atoms with Crippen molar-refractivity contribution in [3.63, 3.8) is 0 Å². The van der Waals surface area contributed by atoms with Crippen LogP contribution in [-0.4, -0.2) is 18.8 Å². The van der Waals surface area contributed by atoms with Crippen LogP contribution in [-0.2, 0) is 10.3 Å². The van der Waals surface area contributed by atoms with Gasteiger partial charge in [0.05, 0.1) is 18.2 Å². The fraction of sp³-hybridized carbons (Fsp3) is 0.286. The van der Waals surface area contributed by atoms with Crippen molar-refractivity contribution < 1.29 is 12.6 Å². The Hall–Kier alpha value is -2.35. The number of benzene rings is 1. The molecule has 3 rings (SSSR count). The van der Waals surface area contributed by atoms with Gasteiger partial charge in [-0.15, -0.1) is 6.58 Å². The summed E-state index contributed by atoms with van der Waals surface area (Å²) in [6.07, 6.45) is 1.50. The molecule has 0 saturated carbocycles. The van der Waals surface area contributed by atoms with E-state index >= 15 is 0 Å². The average Bonchev–Trinajstić information content (AvgIpc) is 2.83. The van der Waals surface area contributed by atoms with Crippen LogP contribution in [0.25, 0.3) is 0 Å². The van der Waals surface area contributed by atoms with Crippen LogP contribution < -0.4 is 4.18 Å². The zero-order valence-electron chi connectivity index (χ0n) is 10.9. The van der Waals surface area contributed by atoms with Gasteiger partial charge in [0.2, 0.25) is 0 Å². The van der Waals surface area contributed by atoms with Crippen LogP contribution in [0.3, 0.4) is 0 Å². The molecular formula is C14H11N3O3S. The van der Waals surface area contributed by atoms with Gasteiger partial charge in [-0.05, 0) is 6.07 Å². The highest BCUT2D eigenvalue weighted by molar-refractivity contribution is 7.84. The van der Waals surface area contributed by atoms with E-state index in [2.05, 4.69) is 6.58 Å². The molecule has 1 aromatic rings. The van der Waals surface area contributed by atoms with E-state index in [1.807, 2.05) is 12.1 Å². The van der Waals surface area contributed by atoms with Crippen LogP contribution in [0, 0.1) is 28.1 Å². The van der Waals surface area contributed by atoms with Gasteiger partial charge in [0, 0.05) is 18.0 Å². The molecule has 106 valence electrons. The number of hydrogen-bond acceptors (Lipinski definition) is 5.